The minimum absolute atomic E-state index is 0.293. The van der Waals surface area contributed by atoms with E-state index < -0.39 is 18.8 Å². The van der Waals surface area contributed by atoms with E-state index >= 15 is 0 Å². The Balaban J connectivity index is 4.12. The van der Waals surface area contributed by atoms with Crippen molar-refractivity contribution in [1.82, 2.24) is 0 Å². The number of halogens is 2. The number of hydrogen-bond donors (Lipinski definition) is 1. The van der Waals surface area contributed by atoms with Crippen molar-refractivity contribution in [2.45, 2.75) is 32.7 Å². The molecule has 0 heterocycles. The van der Waals surface area contributed by atoms with Crippen LogP contribution >= 0.6 is 0 Å². The maximum Gasteiger partial charge on any atom is 0.345 e. The summed E-state index contributed by atoms with van der Waals surface area (Å²) < 4.78 is 27.8. The lowest BCUT2D eigenvalue weighted by Crippen LogP contribution is -2.33. The molecule has 0 radical (unpaired) electrons. The van der Waals surface area contributed by atoms with Crippen LogP contribution in [0.25, 0.3) is 0 Å². The predicted octanol–water partition coefficient (Wildman–Crippen LogP) is 1.80. The lowest BCUT2D eigenvalue weighted by Gasteiger charge is -2.23. The lowest BCUT2D eigenvalue weighted by atomic mass is 10.0. The zero-order valence-electron chi connectivity index (χ0n) is 7.21. The molecule has 1 N–H and O–H groups in total. The first-order valence-electron chi connectivity index (χ1n) is 3.73. The fourth-order valence-corrected chi connectivity index (χ4v) is 0.930. The highest BCUT2D eigenvalue weighted by Gasteiger charge is 2.24. The minimum Gasteiger partial charge on any atom is -0.391 e. The molecular formula is C8H14F2O2. The van der Waals surface area contributed by atoms with E-state index in [1.165, 1.54) is 13.0 Å². The molecule has 0 aliphatic heterocycles. The third-order valence-corrected chi connectivity index (χ3v) is 1.63. The molecule has 3 atom stereocenters. The lowest BCUT2D eigenvalue weighted by molar-refractivity contribution is -0.194. The van der Waals surface area contributed by atoms with Gasteiger partial charge < -0.3 is 9.84 Å². The van der Waals surface area contributed by atoms with Crippen molar-refractivity contribution in [1.29, 1.82) is 0 Å². The smallest absolute Gasteiger partial charge is 0.345 e. The van der Waals surface area contributed by atoms with Crippen molar-refractivity contribution in [2.24, 2.45) is 5.92 Å². The second kappa shape index (κ2) is 5.22. The molecule has 0 aromatic heterocycles. The van der Waals surface area contributed by atoms with Gasteiger partial charge in [0.15, 0.2) is 0 Å². The van der Waals surface area contributed by atoms with Crippen LogP contribution in [0.4, 0.5) is 8.78 Å². The first-order valence-corrected chi connectivity index (χ1v) is 3.73. The standard InChI is InChI=1S/C8H14F2O2/c1-4-5(2)7(6(3)11)12-8(9)10/h4-8,11H,1H2,2-3H3/t5?,6?,7-/m0/s1. The van der Waals surface area contributed by atoms with Crippen molar-refractivity contribution in [2.75, 3.05) is 0 Å². The molecule has 0 aromatic rings. The number of hydrogen-bond acceptors (Lipinski definition) is 2. The Labute approximate surface area is 70.8 Å². The molecule has 12 heavy (non-hydrogen) atoms. The Kier molecular flexibility index (Phi) is 5.01. The number of rotatable bonds is 5. The average Bonchev–Trinajstić information content (AvgIpc) is 1.98. The third-order valence-electron chi connectivity index (χ3n) is 1.63. The van der Waals surface area contributed by atoms with Crippen LogP contribution in [0, 0.1) is 5.92 Å². The molecule has 0 saturated carbocycles. The molecule has 2 unspecified atom stereocenters. The van der Waals surface area contributed by atoms with Gasteiger partial charge in [0.05, 0.1) is 12.2 Å². The highest BCUT2D eigenvalue weighted by Crippen LogP contribution is 2.15. The van der Waals surface area contributed by atoms with Gasteiger partial charge in [0, 0.05) is 5.92 Å². The minimum atomic E-state index is -2.85. The molecule has 0 saturated heterocycles. The zero-order valence-corrected chi connectivity index (χ0v) is 7.21. The molecule has 0 bridgehead atoms. The van der Waals surface area contributed by atoms with Crippen molar-refractivity contribution in [3.05, 3.63) is 12.7 Å². The van der Waals surface area contributed by atoms with Gasteiger partial charge in [0.2, 0.25) is 0 Å². The van der Waals surface area contributed by atoms with E-state index in [-0.39, 0.29) is 5.92 Å². The van der Waals surface area contributed by atoms with Crippen LogP contribution in [0.2, 0.25) is 0 Å². The summed E-state index contributed by atoms with van der Waals surface area (Å²) in [6.07, 6.45) is -0.339. The van der Waals surface area contributed by atoms with E-state index in [0.29, 0.717) is 0 Å². The van der Waals surface area contributed by atoms with Crippen molar-refractivity contribution in [3.8, 4) is 0 Å². The number of aliphatic hydroxyl groups excluding tert-OH is 1. The zero-order chi connectivity index (χ0) is 9.72. The van der Waals surface area contributed by atoms with Gasteiger partial charge in [-0.05, 0) is 6.92 Å². The normalized spacial score (nSPS) is 18.8. The Morgan fingerprint density at radius 2 is 1.92 bits per heavy atom. The van der Waals surface area contributed by atoms with E-state index in [0.717, 1.165) is 0 Å². The fraction of sp³-hybridized carbons (Fsp3) is 0.750. The largest absolute Gasteiger partial charge is 0.391 e. The van der Waals surface area contributed by atoms with Crippen molar-refractivity contribution < 1.29 is 18.6 Å². The summed E-state index contributed by atoms with van der Waals surface area (Å²) in [6, 6.07) is 0. The summed E-state index contributed by atoms with van der Waals surface area (Å²) >= 11 is 0. The first kappa shape index (κ1) is 11.5. The van der Waals surface area contributed by atoms with Crippen LogP contribution < -0.4 is 0 Å². The van der Waals surface area contributed by atoms with Gasteiger partial charge >= 0.3 is 6.61 Å². The summed E-state index contributed by atoms with van der Waals surface area (Å²) in [6.45, 7) is 3.65. The Bertz CT molecular complexity index is 137. The monoisotopic (exact) mass is 180 g/mol. The van der Waals surface area contributed by atoms with Gasteiger partial charge in [0.25, 0.3) is 0 Å². The summed E-state index contributed by atoms with van der Waals surface area (Å²) in [5.74, 6) is -0.293. The van der Waals surface area contributed by atoms with Gasteiger partial charge in [-0.1, -0.05) is 13.0 Å². The topological polar surface area (TPSA) is 29.5 Å². The van der Waals surface area contributed by atoms with Crippen molar-refractivity contribution >= 4 is 0 Å². The van der Waals surface area contributed by atoms with E-state index in [2.05, 4.69) is 11.3 Å². The van der Waals surface area contributed by atoms with Crippen LogP contribution in [-0.2, 0) is 4.74 Å². The maximum absolute atomic E-state index is 11.8. The summed E-state index contributed by atoms with van der Waals surface area (Å²) in [5.41, 5.74) is 0. The predicted molar refractivity (Wildman–Crippen MR) is 41.9 cm³/mol. The highest BCUT2D eigenvalue weighted by atomic mass is 19.3. The third kappa shape index (κ3) is 3.78. The molecule has 0 aliphatic rings. The van der Waals surface area contributed by atoms with E-state index in [1.54, 1.807) is 6.92 Å². The van der Waals surface area contributed by atoms with E-state index in [4.69, 9.17) is 5.11 Å². The second-order valence-electron chi connectivity index (χ2n) is 2.70. The van der Waals surface area contributed by atoms with Crippen LogP contribution in [-0.4, -0.2) is 23.9 Å². The maximum atomic E-state index is 11.8. The molecule has 2 nitrogen and oxygen atoms in total. The molecule has 72 valence electrons. The van der Waals surface area contributed by atoms with E-state index in [9.17, 15) is 8.78 Å². The van der Waals surface area contributed by atoms with Crippen LogP contribution in [0.15, 0.2) is 12.7 Å². The van der Waals surface area contributed by atoms with Gasteiger partial charge in [-0.2, -0.15) is 8.78 Å². The number of ether oxygens (including phenoxy) is 1. The molecular weight excluding hydrogens is 166 g/mol. The molecule has 0 amide bonds. The SMILES string of the molecule is C=CC(C)[C@H](OC(F)F)C(C)O. The number of aliphatic hydroxyl groups is 1. The Morgan fingerprint density at radius 1 is 1.42 bits per heavy atom. The second-order valence-corrected chi connectivity index (χ2v) is 2.70. The fourth-order valence-electron chi connectivity index (χ4n) is 0.930. The van der Waals surface area contributed by atoms with Gasteiger partial charge in [-0.15, -0.1) is 6.58 Å². The number of alkyl halides is 2. The summed E-state index contributed by atoms with van der Waals surface area (Å²) in [7, 11) is 0. The molecule has 0 spiro atoms. The van der Waals surface area contributed by atoms with Crippen LogP contribution in [0.3, 0.4) is 0 Å². The Morgan fingerprint density at radius 3 is 2.17 bits per heavy atom. The molecule has 0 rings (SSSR count). The molecule has 4 heteroatoms. The molecule has 0 aromatic carbocycles. The average molecular weight is 180 g/mol. The molecule has 0 fully saturated rings. The quantitative estimate of drug-likeness (QED) is 0.654. The van der Waals surface area contributed by atoms with Crippen LogP contribution in [0.1, 0.15) is 13.8 Å². The Hall–Kier alpha value is -0.480. The summed E-state index contributed by atoms with van der Waals surface area (Å²) in [5, 5.41) is 9.06. The van der Waals surface area contributed by atoms with Gasteiger partial charge in [0.1, 0.15) is 0 Å². The molecule has 0 aliphatic carbocycles. The summed E-state index contributed by atoms with van der Waals surface area (Å²) in [4.78, 5) is 0. The van der Waals surface area contributed by atoms with Crippen molar-refractivity contribution in [3.63, 3.8) is 0 Å². The van der Waals surface area contributed by atoms with Crippen LogP contribution in [0.5, 0.6) is 0 Å². The first-order chi connectivity index (χ1) is 5.49. The van der Waals surface area contributed by atoms with Gasteiger partial charge in [-0.3, -0.25) is 0 Å². The van der Waals surface area contributed by atoms with Gasteiger partial charge in [-0.25, -0.2) is 0 Å². The highest BCUT2D eigenvalue weighted by molar-refractivity contribution is 4.84. The van der Waals surface area contributed by atoms with E-state index in [1.807, 2.05) is 0 Å².